The Morgan fingerprint density at radius 3 is 3.08 bits per heavy atom. The van der Waals surface area contributed by atoms with E-state index in [1.54, 1.807) is 16.7 Å². The number of aromatic nitrogens is 2. The summed E-state index contributed by atoms with van der Waals surface area (Å²) in [6.45, 7) is 5.49. The van der Waals surface area contributed by atoms with Crippen molar-refractivity contribution in [3.8, 4) is 0 Å². The molecule has 4 rings (SSSR count). The van der Waals surface area contributed by atoms with Crippen molar-refractivity contribution in [2.24, 2.45) is 0 Å². The maximum absolute atomic E-state index is 12.6. The van der Waals surface area contributed by atoms with E-state index in [1.807, 2.05) is 25.1 Å². The van der Waals surface area contributed by atoms with E-state index in [2.05, 4.69) is 27.9 Å². The molecule has 0 saturated carbocycles. The van der Waals surface area contributed by atoms with Gasteiger partial charge in [-0.15, -0.1) is 11.8 Å². The maximum Gasteiger partial charge on any atom is 0.243 e. The lowest BCUT2D eigenvalue weighted by molar-refractivity contribution is -0.137. The van der Waals surface area contributed by atoms with Crippen LogP contribution in [-0.2, 0) is 16.1 Å². The molecule has 0 aliphatic carbocycles. The molecule has 6 nitrogen and oxygen atoms in total. The number of aryl methyl sites for hydroxylation is 2. The maximum atomic E-state index is 12.6. The third kappa shape index (κ3) is 2.88. The van der Waals surface area contributed by atoms with Crippen molar-refractivity contribution < 1.29 is 9.59 Å². The molecule has 2 atom stereocenters. The van der Waals surface area contributed by atoms with E-state index in [-0.39, 0.29) is 22.7 Å². The van der Waals surface area contributed by atoms with Gasteiger partial charge in [-0.3, -0.25) is 9.59 Å². The van der Waals surface area contributed by atoms with Crippen molar-refractivity contribution in [3.63, 3.8) is 0 Å². The van der Waals surface area contributed by atoms with Crippen LogP contribution in [0.1, 0.15) is 32.0 Å². The number of thioether (sulfide) groups is 1. The topological polar surface area (TPSA) is 67.2 Å². The lowest BCUT2D eigenvalue weighted by Crippen LogP contribution is -2.50. The first kappa shape index (κ1) is 17.4. The molecule has 2 aromatic rings. The number of carbonyl (C=O) groups excluding carboxylic acids is 2. The van der Waals surface area contributed by atoms with Crippen LogP contribution in [0.5, 0.6) is 0 Å². The fourth-order valence-electron chi connectivity index (χ4n) is 4.06. The van der Waals surface area contributed by atoms with Gasteiger partial charge in [0.05, 0.1) is 15.9 Å². The first-order chi connectivity index (χ1) is 12.5. The number of fused-ring (bicyclic) bond motifs is 2. The van der Waals surface area contributed by atoms with E-state index >= 15 is 0 Å². The fourth-order valence-corrected chi connectivity index (χ4v) is 5.49. The van der Waals surface area contributed by atoms with Crippen LogP contribution < -0.4 is 5.32 Å². The quantitative estimate of drug-likeness (QED) is 0.818. The van der Waals surface area contributed by atoms with Crippen LogP contribution in [0.4, 0.5) is 0 Å². The zero-order valence-electron chi connectivity index (χ0n) is 15.2. The Bertz CT molecular complexity index is 864. The lowest BCUT2D eigenvalue weighted by Gasteiger charge is -2.29. The second kappa shape index (κ2) is 6.61. The molecular weight excluding hydrogens is 348 g/mol. The molecule has 2 unspecified atom stereocenters. The van der Waals surface area contributed by atoms with Crippen LogP contribution >= 0.6 is 11.8 Å². The Morgan fingerprint density at radius 1 is 1.42 bits per heavy atom. The van der Waals surface area contributed by atoms with Crippen molar-refractivity contribution in [3.05, 3.63) is 30.1 Å². The third-order valence-electron chi connectivity index (χ3n) is 5.45. The number of para-hydroxylation sites is 2. The molecule has 1 N–H and O–H groups in total. The molecule has 0 bridgehead atoms. The Morgan fingerprint density at radius 2 is 2.23 bits per heavy atom. The predicted molar refractivity (Wildman–Crippen MR) is 103 cm³/mol. The van der Waals surface area contributed by atoms with Crippen LogP contribution in [0.3, 0.4) is 0 Å². The van der Waals surface area contributed by atoms with Crippen LogP contribution in [0.15, 0.2) is 24.3 Å². The van der Waals surface area contributed by atoms with Gasteiger partial charge in [0.1, 0.15) is 11.9 Å². The summed E-state index contributed by atoms with van der Waals surface area (Å²) >= 11 is 1.73. The number of imidazole rings is 1. The summed E-state index contributed by atoms with van der Waals surface area (Å²) in [6, 6.07) is 7.78. The molecule has 2 fully saturated rings. The van der Waals surface area contributed by atoms with E-state index in [0.29, 0.717) is 18.7 Å². The number of carbonyl (C=O) groups is 2. The number of hydrogen-bond acceptors (Lipinski definition) is 4. The molecule has 2 amide bonds. The van der Waals surface area contributed by atoms with Crippen molar-refractivity contribution in [1.29, 1.82) is 0 Å². The second-order valence-corrected chi connectivity index (χ2v) is 8.71. The summed E-state index contributed by atoms with van der Waals surface area (Å²) < 4.78 is 2.19. The van der Waals surface area contributed by atoms with Gasteiger partial charge in [-0.05, 0) is 38.8 Å². The highest BCUT2D eigenvalue weighted by atomic mass is 32.2. The summed E-state index contributed by atoms with van der Waals surface area (Å²) in [5.74, 6) is 1.77. The first-order valence-electron chi connectivity index (χ1n) is 9.15. The third-order valence-corrected chi connectivity index (χ3v) is 6.96. The number of rotatable bonds is 5. The van der Waals surface area contributed by atoms with Gasteiger partial charge in [0.2, 0.25) is 11.8 Å². The molecule has 138 valence electrons. The number of nitrogens with zero attached hydrogens (tertiary/aromatic N) is 3. The molecule has 7 heteroatoms. The normalized spacial score (nSPS) is 25.1. The van der Waals surface area contributed by atoms with E-state index in [1.165, 1.54) is 0 Å². The predicted octanol–water partition coefficient (Wildman–Crippen LogP) is 2.31. The van der Waals surface area contributed by atoms with E-state index in [4.69, 9.17) is 0 Å². The minimum absolute atomic E-state index is 0.0244. The molecule has 2 aliphatic rings. The van der Waals surface area contributed by atoms with Crippen molar-refractivity contribution in [2.45, 2.75) is 50.6 Å². The number of hydrogen-bond donors (Lipinski definition) is 1. The van der Waals surface area contributed by atoms with Gasteiger partial charge in [0, 0.05) is 25.3 Å². The van der Waals surface area contributed by atoms with Crippen LogP contribution in [0.2, 0.25) is 0 Å². The largest absolute Gasteiger partial charge is 0.354 e. The average molecular weight is 372 g/mol. The highest BCUT2D eigenvalue weighted by Crippen LogP contribution is 2.47. The Labute approximate surface area is 157 Å². The first-order valence-corrected chi connectivity index (χ1v) is 10.1. The van der Waals surface area contributed by atoms with Gasteiger partial charge in [0.25, 0.3) is 0 Å². The Kier molecular flexibility index (Phi) is 4.42. The van der Waals surface area contributed by atoms with E-state index in [9.17, 15) is 9.59 Å². The highest BCUT2D eigenvalue weighted by Gasteiger charge is 2.52. The van der Waals surface area contributed by atoms with Crippen molar-refractivity contribution in [2.75, 3.05) is 12.3 Å². The molecule has 1 aromatic heterocycles. The Balaban J connectivity index is 1.33. The minimum atomic E-state index is -0.323. The molecule has 26 heavy (non-hydrogen) atoms. The molecular formula is C19H24N4O2S. The van der Waals surface area contributed by atoms with Crippen LogP contribution in [0.25, 0.3) is 11.0 Å². The van der Waals surface area contributed by atoms with Crippen LogP contribution in [0, 0.1) is 6.92 Å². The lowest BCUT2D eigenvalue weighted by atomic mass is 10.2. The number of nitrogens with one attached hydrogen (secondary N) is 1. The molecule has 0 radical (unpaired) electrons. The van der Waals surface area contributed by atoms with Gasteiger partial charge in [-0.25, -0.2) is 4.98 Å². The van der Waals surface area contributed by atoms with Gasteiger partial charge in [0.15, 0.2) is 0 Å². The second-order valence-electron chi connectivity index (χ2n) is 7.21. The molecule has 3 heterocycles. The summed E-state index contributed by atoms with van der Waals surface area (Å²) in [7, 11) is 0. The number of amides is 2. The monoisotopic (exact) mass is 372 g/mol. The molecule has 2 aliphatic heterocycles. The zero-order valence-corrected chi connectivity index (χ0v) is 16.0. The molecule has 0 spiro atoms. The average Bonchev–Trinajstić information content (AvgIpc) is 3.23. The van der Waals surface area contributed by atoms with Crippen LogP contribution in [-0.4, -0.2) is 49.5 Å². The van der Waals surface area contributed by atoms with Gasteiger partial charge in [-0.2, -0.15) is 0 Å². The fraction of sp³-hybridized carbons (Fsp3) is 0.526. The molecule has 2 saturated heterocycles. The SMILES string of the molecule is Cc1nc2ccccc2n1CCCNC(=O)C1CSC2(C)CCC(=O)N12. The van der Waals surface area contributed by atoms with E-state index in [0.717, 1.165) is 36.2 Å². The Hall–Kier alpha value is -2.02. The summed E-state index contributed by atoms with van der Waals surface area (Å²) in [5.41, 5.74) is 2.13. The summed E-state index contributed by atoms with van der Waals surface area (Å²) in [5, 5.41) is 3.03. The number of benzene rings is 1. The van der Waals surface area contributed by atoms with Gasteiger partial charge >= 0.3 is 0 Å². The van der Waals surface area contributed by atoms with Gasteiger partial charge in [-0.1, -0.05) is 12.1 Å². The summed E-state index contributed by atoms with van der Waals surface area (Å²) in [6.07, 6.45) is 2.23. The van der Waals surface area contributed by atoms with Crippen molar-refractivity contribution >= 4 is 34.6 Å². The standard InChI is InChI=1S/C19H24N4O2S/c1-13-21-14-6-3-4-7-15(14)22(13)11-5-10-20-18(25)16-12-26-19(2)9-8-17(24)23(16)19/h3-4,6-7,16H,5,8-12H2,1-2H3,(H,20,25). The van der Waals surface area contributed by atoms with Gasteiger partial charge < -0.3 is 14.8 Å². The minimum Gasteiger partial charge on any atom is -0.354 e. The zero-order chi connectivity index (χ0) is 18.3. The van der Waals surface area contributed by atoms with E-state index < -0.39 is 0 Å². The smallest absolute Gasteiger partial charge is 0.243 e. The van der Waals surface area contributed by atoms with Crippen molar-refractivity contribution in [1.82, 2.24) is 19.8 Å². The summed E-state index contributed by atoms with van der Waals surface area (Å²) in [4.78, 5) is 30.9. The highest BCUT2D eigenvalue weighted by molar-refractivity contribution is 8.01. The molecule has 1 aromatic carbocycles.